The van der Waals surface area contributed by atoms with Crippen LogP contribution in [0.25, 0.3) is 11.5 Å². The minimum Gasteiger partial charge on any atom is -0.441 e. The second-order valence-electron chi connectivity index (χ2n) is 4.62. The lowest BCUT2D eigenvalue weighted by Crippen LogP contribution is -2.00. The fraction of sp³-hybridized carbons (Fsp3) is 0.353. The molecule has 0 bridgehead atoms. The molecule has 1 heterocycles. The van der Waals surface area contributed by atoms with E-state index in [1.807, 2.05) is 19.1 Å². The zero-order valence-corrected chi connectivity index (χ0v) is 12.2. The van der Waals surface area contributed by atoms with Crippen molar-refractivity contribution in [2.24, 2.45) is 0 Å². The minimum atomic E-state index is 0.470. The Hall–Kier alpha value is -2.05. The topological polar surface area (TPSA) is 35.3 Å². The lowest BCUT2D eigenvalue weighted by molar-refractivity contribution is 0.169. The lowest BCUT2D eigenvalue weighted by atomic mass is 10.1. The van der Waals surface area contributed by atoms with E-state index in [1.165, 1.54) is 5.56 Å². The van der Waals surface area contributed by atoms with Crippen molar-refractivity contribution in [3.8, 4) is 23.3 Å². The van der Waals surface area contributed by atoms with Crippen LogP contribution in [-0.4, -0.2) is 18.2 Å². The predicted octanol–water partition coefficient (Wildman–Crippen LogP) is 3.54. The van der Waals surface area contributed by atoms with Gasteiger partial charge in [0.25, 0.3) is 0 Å². The van der Waals surface area contributed by atoms with Gasteiger partial charge in [-0.2, -0.15) is 0 Å². The fourth-order valence-corrected chi connectivity index (χ4v) is 1.84. The summed E-state index contributed by atoms with van der Waals surface area (Å²) in [5.41, 5.74) is 3.18. The Morgan fingerprint density at radius 2 is 1.95 bits per heavy atom. The molecular formula is C17H19NO2. The molecule has 0 saturated heterocycles. The van der Waals surface area contributed by atoms with Crippen LogP contribution >= 0.6 is 0 Å². The molecule has 20 heavy (non-hydrogen) atoms. The van der Waals surface area contributed by atoms with Crippen LogP contribution < -0.4 is 0 Å². The Morgan fingerprint density at radius 1 is 1.20 bits per heavy atom. The van der Waals surface area contributed by atoms with E-state index in [1.54, 1.807) is 6.92 Å². The van der Waals surface area contributed by atoms with Crippen LogP contribution in [0.3, 0.4) is 0 Å². The van der Waals surface area contributed by atoms with Gasteiger partial charge in [0.05, 0.1) is 12.3 Å². The second kappa shape index (κ2) is 6.93. The molecule has 1 aromatic carbocycles. The fourth-order valence-electron chi connectivity index (χ4n) is 1.84. The molecule has 0 aliphatic rings. The molecule has 0 N–H and O–H groups in total. The third-order valence-corrected chi connectivity index (χ3v) is 3.03. The summed E-state index contributed by atoms with van der Waals surface area (Å²) in [4.78, 5) is 4.54. The monoisotopic (exact) mass is 269 g/mol. The smallest absolute Gasteiger partial charge is 0.226 e. The molecule has 0 amide bonds. The van der Waals surface area contributed by atoms with E-state index in [2.05, 4.69) is 35.9 Å². The van der Waals surface area contributed by atoms with Crippen LogP contribution in [0.15, 0.2) is 28.7 Å². The summed E-state index contributed by atoms with van der Waals surface area (Å²) in [5, 5.41) is 0. The normalized spacial score (nSPS) is 10.2. The Kier molecular flexibility index (Phi) is 4.97. The maximum Gasteiger partial charge on any atom is 0.226 e. The van der Waals surface area contributed by atoms with E-state index in [0.29, 0.717) is 19.1 Å². The van der Waals surface area contributed by atoms with Crippen molar-refractivity contribution in [3.63, 3.8) is 0 Å². The quantitative estimate of drug-likeness (QED) is 0.615. The Labute approximate surface area is 120 Å². The molecule has 0 atom stereocenters. The molecule has 2 rings (SSSR count). The highest BCUT2D eigenvalue weighted by molar-refractivity contribution is 5.54. The maximum atomic E-state index is 5.72. The number of aryl methyl sites for hydroxylation is 2. The molecule has 104 valence electrons. The van der Waals surface area contributed by atoms with E-state index in [4.69, 9.17) is 9.15 Å². The SMILES string of the molecule is CC#CCOCCc1nc(-c2ccc(C)cc2)oc1C. The number of ether oxygens (including phenoxy) is 1. The lowest BCUT2D eigenvalue weighted by Gasteiger charge is -1.97. The summed E-state index contributed by atoms with van der Waals surface area (Å²) in [7, 11) is 0. The van der Waals surface area contributed by atoms with Crippen LogP contribution in [0, 0.1) is 25.7 Å². The molecule has 0 saturated carbocycles. The Balaban J connectivity index is 2.01. The number of nitrogens with zero attached hydrogens (tertiary/aromatic N) is 1. The third-order valence-electron chi connectivity index (χ3n) is 3.03. The number of aromatic nitrogens is 1. The molecule has 1 aromatic heterocycles. The van der Waals surface area contributed by atoms with Gasteiger partial charge in [-0.3, -0.25) is 0 Å². The zero-order valence-electron chi connectivity index (χ0n) is 12.2. The first kappa shape index (κ1) is 14.4. The zero-order chi connectivity index (χ0) is 14.4. The molecule has 0 aliphatic heterocycles. The van der Waals surface area contributed by atoms with Gasteiger partial charge in [0.2, 0.25) is 5.89 Å². The van der Waals surface area contributed by atoms with Crippen molar-refractivity contribution < 1.29 is 9.15 Å². The highest BCUT2D eigenvalue weighted by Gasteiger charge is 2.10. The number of hydrogen-bond donors (Lipinski definition) is 0. The van der Waals surface area contributed by atoms with Crippen LogP contribution in [0.4, 0.5) is 0 Å². The van der Waals surface area contributed by atoms with Crippen molar-refractivity contribution in [3.05, 3.63) is 41.3 Å². The molecule has 0 aliphatic carbocycles. The van der Waals surface area contributed by atoms with Gasteiger partial charge in [-0.05, 0) is 32.9 Å². The largest absolute Gasteiger partial charge is 0.441 e. The van der Waals surface area contributed by atoms with Crippen molar-refractivity contribution in [1.82, 2.24) is 4.98 Å². The molecule has 3 heteroatoms. The van der Waals surface area contributed by atoms with E-state index in [9.17, 15) is 0 Å². The number of oxazole rings is 1. The van der Waals surface area contributed by atoms with Gasteiger partial charge >= 0.3 is 0 Å². The van der Waals surface area contributed by atoms with Crippen molar-refractivity contribution in [1.29, 1.82) is 0 Å². The molecule has 0 unspecified atom stereocenters. The molecule has 0 fully saturated rings. The van der Waals surface area contributed by atoms with Gasteiger partial charge in [0, 0.05) is 12.0 Å². The summed E-state index contributed by atoms with van der Waals surface area (Å²) >= 11 is 0. The first-order chi connectivity index (χ1) is 9.70. The second-order valence-corrected chi connectivity index (χ2v) is 4.62. The van der Waals surface area contributed by atoms with Gasteiger partial charge in [-0.1, -0.05) is 23.6 Å². The first-order valence-corrected chi connectivity index (χ1v) is 6.71. The summed E-state index contributed by atoms with van der Waals surface area (Å²) in [6, 6.07) is 8.16. The van der Waals surface area contributed by atoms with Crippen molar-refractivity contribution >= 4 is 0 Å². The number of hydrogen-bond acceptors (Lipinski definition) is 3. The first-order valence-electron chi connectivity index (χ1n) is 6.71. The van der Waals surface area contributed by atoms with E-state index < -0.39 is 0 Å². The average molecular weight is 269 g/mol. The van der Waals surface area contributed by atoms with Crippen LogP contribution in [0.2, 0.25) is 0 Å². The summed E-state index contributed by atoms with van der Waals surface area (Å²) in [6.45, 7) is 6.88. The Morgan fingerprint density at radius 3 is 2.65 bits per heavy atom. The van der Waals surface area contributed by atoms with Gasteiger partial charge < -0.3 is 9.15 Å². The number of benzene rings is 1. The van der Waals surface area contributed by atoms with E-state index in [0.717, 1.165) is 23.4 Å². The third kappa shape index (κ3) is 3.72. The summed E-state index contributed by atoms with van der Waals surface area (Å²) < 4.78 is 11.1. The van der Waals surface area contributed by atoms with E-state index in [-0.39, 0.29) is 0 Å². The van der Waals surface area contributed by atoms with Gasteiger partial charge in [0.1, 0.15) is 12.4 Å². The Bertz CT molecular complexity index is 615. The maximum absolute atomic E-state index is 5.72. The van der Waals surface area contributed by atoms with Crippen LogP contribution in [-0.2, 0) is 11.2 Å². The molecule has 0 spiro atoms. The van der Waals surface area contributed by atoms with Gasteiger partial charge in [-0.15, -0.1) is 5.92 Å². The molecule has 3 nitrogen and oxygen atoms in total. The van der Waals surface area contributed by atoms with Crippen LogP contribution in [0.1, 0.15) is 23.9 Å². The highest BCUT2D eigenvalue weighted by atomic mass is 16.5. The molecule has 0 radical (unpaired) electrons. The van der Waals surface area contributed by atoms with Crippen LogP contribution in [0.5, 0.6) is 0 Å². The predicted molar refractivity (Wildman–Crippen MR) is 79.4 cm³/mol. The van der Waals surface area contributed by atoms with Gasteiger partial charge in [0.15, 0.2) is 0 Å². The number of rotatable bonds is 5. The van der Waals surface area contributed by atoms with Gasteiger partial charge in [-0.25, -0.2) is 4.98 Å². The highest BCUT2D eigenvalue weighted by Crippen LogP contribution is 2.22. The standard InChI is InChI=1S/C17H19NO2/c1-4-5-11-19-12-10-16-14(3)20-17(18-16)15-8-6-13(2)7-9-15/h6-9H,10-12H2,1-3H3. The minimum absolute atomic E-state index is 0.470. The summed E-state index contributed by atoms with van der Waals surface area (Å²) in [6.07, 6.45) is 0.743. The molecular weight excluding hydrogens is 250 g/mol. The summed E-state index contributed by atoms with van der Waals surface area (Å²) in [5.74, 6) is 7.19. The molecule has 2 aromatic rings. The average Bonchev–Trinajstić information content (AvgIpc) is 2.81. The van der Waals surface area contributed by atoms with Crippen molar-refractivity contribution in [2.45, 2.75) is 27.2 Å². The van der Waals surface area contributed by atoms with Crippen molar-refractivity contribution in [2.75, 3.05) is 13.2 Å². The van der Waals surface area contributed by atoms with E-state index >= 15 is 0 Å².